The Morgan fingerprint density at radius 1 is 1.11 bits per heavy atom. The average Bonchev–Trinajstić information content (AvgIpc) is 3.51. The summed E-state index contributed by atoms with van der Waals surface area (Å²) in [5, 5.41) is 26.2. The SMILES string of the molecule is CN(C)c1cc(Nc2cnc(-c3ccco3)cn2)c(O)c2c1CC1CC3[C@H](N(C)C)C(=O)C(C(N)=O)C(=O)[C@@]3(O)C(=O)C1C2=O. The highest BCUT2D eigenvalue weighted by molar-refractivity contribution is 6.32. The van der Waals surface area contributed by atoms with Crippen LogP contribution in [0.5, 0.6) is 5.75 Å². The minimum absolute atomic E-state index is 0.0326. The summed E-state index contributed by atoms with van der Waals surface area (Å²) in [5.74, 6) is -10.3. The molecule has 2 heterocycles. The van der Waals surface area contributed by atoms with Crippen LogP contribution in [0.1, 0.15) is 22.3 Å². The van der Waals surface area contributed by atoms with Gasteiger partial charge in [-0.05, 0) is 56.6 Å². The Labute approximate surface area is 257 Å². The summed E-state index contributed by atoms with van der Waals surface area (Å²) in [6.07, 6.45) is 4.52. The molecule has 6 atom stereocenters. The number of phenols is 1. The number of rotatable bonds is 6. The van der Waals surface area contributed by atoms with Crippen molar-refractivity contribution in [1.82, 2.24) is 14.9 Å². The van der Waals surface area contributed by atoms with E-state index in [4.69, 9.17) is 10.2 Å². The van der Waals surface area contributed by atoms with Crippen LogP contribution in [0, 0.1) is 23.7 Å². The van der Waals surface area contributed by atoms with Crippen LogP contribution < -0.4 is 16.0 Å². The standard InChI is InChI=1S/C31H32N6O8/c1-36(2)18-10-16(35-20-12-33-17(11-34-20)19-6-5-7-45-19)25(38)22-14(18)8-13-9-15-24(37(3)4)27(40)23(30(32)43)29(42)31(15,44)28(41)21(13)26(22)39/h5-7,10-13,15,21,23-24,38,44H,8-9H2,1-4H3,(H2,32,43)(H,34,35)/t13?,15?,21?,23?,24-,31-/m0/s1. The van der Waals surface area contributed by atoms with Gasteiger partial charge in [0.05, 0.1) is 41.9 Å². The Balaban J connectivity index is 1.42. The highest BCUT2D eigenvalue weighted by Crippen LogP contribution is 2.53. The van der Waals surface area contributed by atoms with E-state index in [0.717, 1.165) is 0 Å². The third-order valence-electron chi connectivity index (χ3n) is 9.21. The maximum absolute atomic E-state index is 14.2. The Morgan fingerprint density at radius 2 is 1.84 bits per heavy atom. The largest absolute Gasteiger partial charge is 0.505 e. The van der Waals surface area contributed by atoms with Gasteiger partial charge in [0.25, 0.3) is 0 Å². The first-order valence-corrected chi connectivity index (χ1v) is 14.3. The molecule has 3 aliphatic carbocycles. The highest BCUT2D eigenvalue weighted by atomic mass is 16.3. The van der Waals surface area contributed by atoms with E-state index in [9.17, 15) is 34.2 Å². The molecule has 6 rings (SSSR count). The molecule has 14 heteroatoms. The number of primary amides is 1. The Morgan fingerprint density at radius 3 is 2.42 bits per heavy atom. The lowest BCUT2D eigenvalue weighted by Crippen LogP contribution is -2.74. The molecule has 0 saturated heterocycles. The fourth-order valence-electron chi connectivity index (χ4n) is 7.23. The molecule has 0 spiro atoms. The molecule has 5 N–H and O–H groups in total. The molecule has 2 aromatic heterocycles. The number of anilines is 3. The molecule has 3 aliphatic rings. The molecule has 14 nitrogen and oxygen atoms in total. The minimum atomic E-state index is -2.79. The Hall–Kier alpha value is -4.95. The van der Waals surface area contributed by atoms with Crippen molar-refractivity contribution < 1.29 is 38.6 Å². The number of aromatic hydroxyl groups is 1. The van der Waals surface area contributed by atoms with Gasteiger partial charge < -0.3 is 30.6 Å². The number of carbonyl (C=O) groups is 5. The lowest BCUT2D eigenvalue weighted by atomic mass is 9.52. The Bertz CT molecular complexity index is 1750. The summed E-state index contributed by atoms with van der Waals surface area (Å²) < 4.78 is 5.34. The first-order chi connectivity index (χ1) is 21.3. The molecule has 234 valence electrons. The summed E-state index contributed by atoms with van der Waals surface area (Å²) in [6, 6.07) is 3.93. The fourth-order valence-corrected chi connectivity index (χ4v) is 7.23. The third kappa shape index (κ3) is 4.43. The molecule has 4 unspecified atom stereocenters. The number of nitrogens with zero attached hydrogens (tertiary/aromatic N) is 4. The van der Waals surface area contributed by atoms with Crippen molar-refractivity contribution in [2.75, 3.05) is 38.4 Å². The molecule has 0 bridgehead atoms. The lowest BCUT2D eigenvalue weighted by Gasteiger charge is -2.52. The van der Waals surface area contributed by atoms with Crippen molar-refractivity contribution in [2.24, 2.45) is 29.4 Å². The maximum Gasteiger partial charge on any atom is 0.235 e. The van der Waals surface area contributed by atoms with Crippen molar-refractivity contribution in [2.45, 2.75) is 24.5 Å². The minimum Gasteiger partial charge on any atom is -0.505 e. The van der Waals surface area contributed by atoms with Crippen molar-refractivity contribution in [3.63, 3.8) is 0 Å². The second kappa shape index (κ2) is 10.6. The van der Waals surface area contributed by atoms with Crippen LogP contribution in [-0.2, 0) is 25.6 Å². The number of aliphatic hydroxyl groups is 1. The van der Waals surface area contributed by atoms with Crippen LogP contribution >= 0.6 is 0 Å². The van der Waals surface area contributed by atoms with Crippen LogP contribution in [-0.4, -0.2) is 94.0 Å². The second-order valence-electron chi connectivity index (χ2n) is 12.2. The van der Waals surface area contributed by atoms with Crippen molar-refractivity contribution >= 4 is 46.2 Å². The van der Waals surface area contributed by atoms with E-state index in [1.807, 2.05) is 0 Å². The van der Waals surface area contributed by atoms with Gasteiger partial charge in [-0.25, -0.2) is 9.97 Å². The average molecular weight is 617 g/mol. The van der Waals surface area contributed by atoms with Crippen molar-refractivity contribution in [1.29, 1.82) is 0 Å². The van der Waals surface area contributed by atoms with Gasteiger partial charge in [0.1, 0.15) is 17.3 Å². The summed E-state index contributed by atoms with van der Waals surface area (Å²) in [7, 11) is 6.61. The zero-order valence-electron chi connectivity index (χ0n) is 25.0. The number of likely N-dealkylation sites (N-methyl/N-ethyl adjacent to an activating group) is 1. The maximum atomic E-state index is 14.2. The van der Waals surface area contributed by atoms with Gasteiger partial charge in [0, 0.05) is 25.7 Å². The number of hydrogen-bond donors (Lipinski definition) is 4. The number of fused-ring (bicyclic) bond motifs is 3. The van der Waals surface area contributed by atoms with E-state index < -0.39 is 70.1 Å². The van der Waals surface area contributed by atoms with E-state index in [2.05, 4.69) is 15.3 Å². The van der Waals surface area contributed by atoms with E-state index in [-0.39, 0.29) is 29.9 Å². The van der Waals surface area contributed by atoms with Crippen LogP contribution in [0.25, 0.3) is 11.5 Å². The van der Waals surface area contributed by atoms with Gasteiger partial charge in [-0.1, -0.05) is 0 Å². The van der Waals surface area contributed by atoms with E-state index >= 15 is 0 Å². The molecule has 0 radical (unpaired) electrons. The van der Waals surface area contributed by atoms with Gasteiger partial charge in [-0.15, -0.1) is 0 Å². The summed E-state index contributed by atoms with van der Waals surface area (Å²) >= 11 is 0. The van der Waals surface area contributed by atoms with Crippen LogP contribution in [0.3, 0.4) is 0 Å². The zero-order chi connectivity index (χ0) is 32.5. The molecular weight excluding hydrogens is 584 g/mol. The third-order valence-corrected chi connectivity index (χ3v) is 9.21. The highest BCUT2D eigenvalue weighted by Gasteiger charge is 2.69. The van der Waals surface area contributed by atoms with Gasteiger partial charge >= 0.3 is 0 Å². The smallest absolute Gasteiger partial charge is 0.235 e. The molecule has 2 saturated carbocycles. The molecule has 1 aromatic carbocycles. The van der Waals surface area contributed by atoms with Crippen LogP contribution in [0.15, 0.2) is 41.3 Å². The lowest BCUT2D eigenvalue weighted by molar-refractivity contribution is -0.181. The Kier molecular flexibility index (Phi) is 7.08. The number of amides is 1. The van der Waals surface area contributed by atoms with Gasteiger partial charge in [0.2, 0.25) is 5.91 Å². The molecular formula is C31H32N6O8. The second-order valence-corrected chi connectivity index (χ2v) is 12.2. The summed E-state index contributed by atoms with van der Waals surface area (Å²) in [6.45, 7) is 0. The van der Waals surface area contributed by atoms with Crippen molar-refractivity contribution in [3.05, 3.63) is 48.0 Å². The molecule has 0 aliphatic heterocycles. The topological polar surface area (TPSA) is 209 Å². The van der Waals surface area contributed by atoms with Crippen LogP contribution in [0.2, 0.25) is 0 Å². The fraction of sp³-hybridized carbons (Fsp3) is 0.387. The number of nitrogens with two attached hydrogens (primary N) is 1. The van der Waals surface area contributed by atoms with E-state index in [1.165, 1.54) is 23.6 Å². The van der Waals surface area contributed by atoms with Gasteiger partial charge in [-0.2, -0.15) is 0 Å². The van der Waals surface area contributed by atoms with Crippen molar-refractivity contribution in [3.8, 4) is 17.2 Å². The normalized spacial score (nSPS) is 27.6. The number of nitrogens with one attached hydrogen (secondary N) is 1. The van der Waals surface area contributed by atoms with Gasteiger partial charge in [-0.3, -0.25) is 28.9 Å². The van der Waals surface area contributed by atoms with Crippen LogP contribution in [0.4, 0.5) is 17.2 Å². The molecule has 2 fully saturated rings. The molecule has 1 amide bonds. The quantitative estimate of drug-likeness (QED) is 0.223. The molecule has 45 heavy (non-hydrogen) atoms. The predicted octanol–water partition coefficient (Wildman–Crippen LogP) is 0.727. The first-order valence-electron chi connectivity index (χ1n) is 14.3. The number of furan rings is 1. The van der Waals surface area contributed by atoms with E-state index in [0.29, 0.717) is 22.7 Å². The number of carbonyl (C=O) groups excluding carboxylic acids is 5. The van der Waals surface area contributed by atoms with E-state index in [1.54, 1.807) is 51.3 Å². The number of benzene rings is 1. The monoisotopic (exact) mass is 616 g/mol. The molecule has 3 aromatic rings. The number of ketones is 4. The first kappa shape index (κ1) is 30.1. The number of Topliss-reactive ketones (excluding diaryl/α,β-unsaturated/α-hetero) is 4. The number of aromatic nitrogens is 2. The summed E-state index contributed by atoms with van der Waals surface area (Å²) in [4.78, 5) is 79.2. The number of phenolic OH excluding ortho intramolecular Hbond substituents is 1. The zero-order valence-corrected chi connectivity index (χ0v) is 25.0. The number of hydrogen-bond acceptors (Lipinski definition) is 13. The summed E-state index contributed by atoms with van der Waals surface area (Å²) in [5.41, 5.74) is 4.13. The van der Waals surface area contributed by atoms with Gasteiger partial charge in [0.15, 0.2) is 40.4 Å². The predicted molar refractivity (Wildman–Crippen MR) is 159 cm³/mol.